The number of hydrogen-bond donors (Lipinski definition) is 0. The van der Waals surface area contributed by atoms with E-state index in [2.05, 4.69) is 28.1 Å². The summed E-state index contributed by atoms with van der Waals surface area (Å²) in [6.45, 7) is 5.31. The Morgan fingerprint density at radius 1 is 0.914 bits per heavy atom. The van der Waals surface area contributed by atoms with E-state index in [1.54, 1.807) is 18.3 Å². The van der Waals surface area contributed by atoms with Gasteiger partial charge in [-0.2, -0.15) is 0 Å². The predicted octanol–water partition coefficient (Wildman–Crippen LogP) is 5.83. The molecule has 0 bridgehead atoms. The predicted molar refractivity (Wildman–Crippen MR) is 139 cm³/mol. The number of halogens is 1. The molecular formula is C29H32ClN3O2. The van der Waals surface area contributed by atoms with Gasteiger partial charge in [0.05, 0.1) is 5.69 Å². The van der Waals surface area contributed by atoms with E-state index in [4.69, 9.17) is 16.3 Å². The molecule has 2 aliphatic heterocycles. The summed E-state index contributed by atoms with van der Waals surface area (Å²) in [5.74, 6) is 1.01. The van der Waals surface area contributed by atoms with Crippen LogP contribution >= 0.6 is 11.6 Å². The highest BCUT2D eigenvalue weighted by molar-refractivity contribution is 6.30. The summed E-state index contributed by atoms with van der Waals surface area (Å²) >= 11 is 5.97. The molecule has 0 N–H and O–H groups in total. The first-order chi connectivity index (χ1) is 17.1. The molecule has 1 spiro atoms. The number of likely N-dealkylation sites (tertiary alicyclic amines) is 2. The third-order valence-corrected chi connectivity index (χ3v) is 7.79. The van der Waals surface area contributed by atoms with Crippen molar-refractivity contribution in [1.82, 2.24) is 14.8 Å². The molecular weight excluding hydrogens is 458 g/mol. The van der Waals surface area contributed by atoms with Gasteiger partial charge in [0.15, 0.2) is 0 Å². The second-order valence-corrected chi connectivity index (χ2v) is 10.3. The van der Waals surface area contributed by atoms with Crippen molar-refractivity contribution < 1.29 is 9.53 Å². The summed E-state index contributed by atoms with van der Waals surface area (Å²) in [4.78, 5) is 21.7. The molecule has 6 heteroatoms. The van der Waals surface area contributed by atoms with E-state index in [9.17, 15) is 4.79 Å². The number of carbonyl (C=O) groups is 1. The molecule has 3 heterocycles. The van der Waals surface area contributed by atoms with Gasteiger partial charge in [0.25, 0.3) is 5.91 Å². The number of carbonyl (C=O) groups excluding carboxylic acids is 1. The molecule has 182 valence electrons. The van der Waals surface area contributed by atoms with Gasteiger partial charge in [-0.3, -0.25) is 14.7 Å². The zero-order chi connectivity index (χ0) is 24.1. The lowest BCUT2D eigenvalue weighted by atomic mass is 9.71. The molecule has 2 aromatic carbocycles. The Morgan fingerprint density at radius 3 is 2.37 bits per heavy atom. The zero-order valence-corrected chi connectivity index (χ0v) is 20.8. The lowest BCUT2D eigenvalue weighted by molar-refractivity contribution is 0.0285. The molecule has 0 unspecified atom stereocenters. The van der Waals surface area contributed by atoms with E-state index in [0.29, 0.717) is 17.0 Å². The van der Waals surface area contributed by atoms with Gasteiger partial charge in [0.2, 0.25) is 0 Å². The number of amides is 1. The summed E-state index contributed by atoms with van der Waals surface area (Å²) in [5, 5.41) is 0.662. The third kappa shape index (κ3) is 6.03. The van der Waals surface area contributed by atoms with Crippen molar-refractivity contribution in [2.75, 3.05) is 26.2 Å². The SMILES string of the molecule is O=C(c1ccc(Cl)cc1)N1CCC2(CCN(Cc3cccc(OCc4ccccn4)c3)CC2)CC1. The Labute approximate surface area is 212 Å². The molecule has 2 saturated heterocycles. The Bertz CT molecular complexity index is 1120. The van der Waals surface area contributed by atoms with Gasteiger partial charge >= 0.3 is 0 Å². The number of rotatable bonds is 6. The van der Waals surface area contributed by atoms with Crippen molar-refractivity contribution in [2.45, 2.75) is 38.8 Å². The zero-order valence-electron chi connectivity index (χ0n) is 20.0. The van der Waals surface area contributed by atoms with Gasteiger partial charge in [-0.05, 0) is 98.3 Å². The quantitative estimate of drug-likeness (QED) is 0.437. The maximum Gasteiger partial charge on any atom is 0.253 e. The van der Waals surface area contributed by atoms with Gasteiger partial charge in [0, 0.05) is 36.4 Å². The van der Waals surface area contributed by atoms with Crippen LogP contribution in [0.4, 0.5) is 0 Å². The van der Waals surface area contributed by atoms with Gasteiger partial charge < -0.3 is 9.64 Å². The number of pyridine rings is 1. The number of hydrogen-bond acceptors (Lipinski definition) is 4. The summed E-state index contributed by atoms with van der Waals surface area (Å²) < 4.78 is 5.96. The monoisotopic (exact) mass is 489 g/mol. The Morgan fingerprint density at radius 2 is 1.66 bits per heavy atom. The van der Waals surface area contributed by atoms with E-state index in [1.165, 1.54) is 18.4 Å². The van der Waals surface area contributed by atoms with Crippen molar-refractivity contribution in [3.63, 3.8) is 0 Å². The molecule has 1 aromatic heterocycles. The minimum atomic E-state index is 0.124. The molecule has 5 rings (SSSR count). The van der Waals surface area contributed by atoms with Gasteiger partial charge in [-0.1, -0.05) is 29.8 Å². The summed E-state index contributed by atoms with van der Waals surface area (Å²) in [5.41, 5.74) is 3.32. The average Bonchev–Trinajstić information content (AvgIpc) is 2.90. The maximum absolute atomic E-state index is 12.9. The summed E-state index contributed by atoms with van der Waals surface area (Å²) in [7, 11) is 0. The average molecular weight is 490 g/mol. The van der Waals surface area contributed by atoms with Gasteiger partial charge in [0.1, 0.15) is 12.4 Å². The molecule has 2 aliphatic rings. The molecule has 0 aliphatic carbocycles. The first-order valence-corrected chi connectivity index (χ1v) is 12.9. The van der Waals surface area contributed by atoms with Crippen LogP contribution < -0.4 is 4.74 Å². The first kappa shape index (κ1) is 23.8. The molecule has 2 fully saturated rings. The second kappa shape index (κ2) is 10.8. The van der Waals surface area contributed by atoms with E-state index in [1.807, 2.05) is 41.3 Å². The van der Waals surface area contributed by atoms with E-state index in [-0.39, 0.29) is 5.91 Å². The van der Waals surface area contributed by atoms with Crippen molar-refractivity contribution in [3.8, 4) is 5.75 Å². The molecule has 3 aromatic rings. The van der Waals surface area contributed by atoms with Crippen LogP contribution in [-0.4, -0.2) is 46.9 Å². The van der Waals surface area contributed by atoms with Crippen LogP contribution in [0.15, 0.2) is 72.9 Å². The van der Waals surface area contributed by atoms with Crippen LogP contribution in [0.1, 0.15) is 47.3 Å². The van der Waals surface area contributed by atoms with Crippen LogP contribution in [0.25, 0.3) is 0 Å². The molecule has 35 heavy (non-hydrogen) atoms. The van der Waals surface area contributed by atoms with Crippen LogP contribution in [0.3, 0.4) is 0 Å². The Kier molecular flexibility index (Phi) is 7.35. The molecule has 0 atom stereocenters. The van der Waals surface area contributed by atoms with Crippen molar-refractivity contribution in [3.05, 3.63) is 94.8 Å². The summed E-state index contributed by atoms with van der Waals surface area (Å²) in [6, 6.07) is 21.5. The van der Waals surface area contributed by atoms with Gasteiger partial charge in [-0.25, -0.2) is 0 Å². The van der Waals surface area contributed by atoms with Crippen LogP contribution in [0.2, 0.25) is 5.02 Å². The maximum atomic E-state index is 12.9. The number of benzene rings is 2. The number of nitrogens with zero attached hydrogens (tertiary/aromatic N) is 3. The van der Waals surface area contributed by atoms with Crippen LogP contribution in [-0.2, 0) is 13.2 Å². The normalized spacial score (nSPS) is 17.9. The molecule has 0 radical (unpaired) electrons. The smallest absolute Gasteiger partial charge is 0.253 e. The fourth-order valence-corrected chi connectivity index (χ4v) is 5.40. The Balaban J connectivity index is 1.09. The van der Waals surface area contributed by atoms with Gasteiger partial charge in [-0.15, -0.1) is 0 Å². The highest BCUT2D eigenvalue weighted by Gasteiger charge is 2.38. The second-order valence-electron chi connectivity index (χ2n) is 9.83. The van der Waals surface area contributed by atoms with E-state index < -0.39 is 0 Å². The van der Waals surface area contributed by atoms with Crippen LogP contribution in [0, 0.1) is 5.41 Å². The lowest BCUT2D eigenvalue weighted by Crippen LogP contribution is -2.48. The molecule has 5 nitrogen and oxygen atoms in total. The minimum Gasteiger partial charge on any atom is -0.487 e. The van der Waals surface area contributed by atoms with Crippen molar-refractivity contribution in [1.29, 1.82) is 0 Å². The van der Waals surface area contributed by atoms with E-state index in [0.717, 1.165) is 62.6 Å². The number of aromatic nitrogens is 1. The fourth-order valence-electron chi connectivity index (χ4n) is 5.28. The Hall–Kier alpha value is -2.89. The minimum absolute atomic E-state index is 0.124. The highest BCUT2D eigenvalue weighted by atomic mass is 35.5. The van der Waals surface area contributed by atoms with Crippen LogP contribution in [0.5, 0.6) is 5.75 Å². The fraction of sp³-hybridized carbons (Fsp3) is 0.379. The topological polar surface area (TPSA) is 45.7 Å². The number of piperidine rings is 2. The number of ether oxygens (including phenoxy) is 1. The largest absolute Gasteiger partial charge is 0.487 e. The third-order valence-electron chi connectivity index (χ3n) is 7.54. The molecule has 0 saturated carbocycles. The standard InChI is InChI=1S/C29H32ClN3O2/c30-25-9-7-24(8-10-25)28(34)33-18-13-29(14-19-33)11-16-32(17-12-29)21-23-4-3-6-27(20-23)35-22-26-5-1-2-15-31-26/h1-10,15,20H,11-14,16-19,21-22H2. The lowest BCUT2D eigenvalue weighted by Gasteiger charge is -2.47. The highest BCUT2D eigenvalue weighted by Crippen LogP contribution is 2.41. The van der Waals surface area contributed by atoms with Crippen molar-refractivity contribution >= 4 is 17.5 Å². The summed E-state index contributed by atoms with van der Waals surface area (Å²) in [6.07, 6.45) is 6.38. The van der Waals surface area contributed by atoms with E-state index >= 15 is 0 Å². The van der Waals surface area contributed by atoms with Crippen molar-refractivity contribution in [2.24, 2.45) is 5.41 Å². The first-order valence-electron chi connectivity index (χ1n) is 12.5. The molecule has 1 amide bonds.